The topological polar surface area (TPSA) is 167 Å². The zero-order valence-corrected chi connectivity index (χ0v) is 23.0. The Labute approximate surface area is 236 Å². The number of halogens is 3. The molecule has 12 nitrogen and oxygen atoms in total. The maximum Gasteiger partial charge on any atom is 0.434 e. The van der Waals surface area contributed by atoms with Crippen molar-refractivity contribution in [2.24, 2.45) is 0 Å². The molecule has 2 amide bonds. The summed E-state index contributed by atoms with van der Waals surface area (Å²) in [7, 11) is 0. The van der Waals surface area contributed by atoms with Gasteiger partial charge in [0.05, 0.1) is 5.56 Å². The number of aromatic carboxylic acids is 2. The third-order valence-corrected chi connectivity index (χ3v) is 6.66. The maximum atomic E-state index is 13.5. The van der Waals surface area contributed by atoms with Gasteiger partial charge in [0.15, 0.2) is 5.69 Å². The van der Waals surface area contributed by atoms with E-state index in [2.05, 4.69) is 30.5 Å². The third-order valence-electron chi connectivity index (χ3n) is 5.80. The number of carboxylic acid groups (broad SMARTS) is 2. The van der Waals surface area contributed by atoms with E-state index in [9.17, 15) is 37.8 Å². The van der Waals surface area contributed by atoms with Crippen molar-refractivity contribution in [3.63, 3.8) is 0 Å². The molecule has 220 valence electrons. The van der Waals surface area contributed by atoms with Crippen LogP contribution in [0.2, 0.25) is 0 Å². The van der Waals surface area contributed by atoms with Crippen LogP contribution in [0.4, 0.5) is 23.8 Å². The maximum absolute atomic E-state index is 13.5. The van der Waals surface area contributed by atoms with Gasteiger partial charge in [-0.15, -0.1) is 11.3 Å². The Morgan fingerprint density at radius 3 is 2.32 bits per heavy atom. The SMILES string of the molecule is CCNC(=O)Nc1ncc(-c2cc(C(=O)O)cnc2OCCN(CC)CC)c(-c2nc(C(F)(F)F)cs2)c1C(=O)O. The Morgan fingerprint density at radius 2 is 1.76 bits per heavy atom. The van der Waals surface area contributed by atoms with Gasteiger partial charge in [0.2, 0.25) is 5.88 Å². The highest BCUT2D eigenvalue weighted by Gasteiger charge is 2.35. The number of thiazole rings is 1. The molecule has 3 heterocycles. The Bertz CT molecular complexity index is 1430. The average molecular weight is 597 g/mol. The number of rotatable bonds is 12. The number of nitrogens with zero attached hydrogens (tertiary/aromatic N) is 4. The van der Waals surface area contributed by atoms with Crippen LogP contribution in [0.25, 0.3) is 21.7 Å². The molecule has 0 atom stereocenters. The number of hydrogen-bond acceptors (Lipinski definition) is 9. The second-order valence-electron chi connectivity index (χ2n) is 8.35. The van der Waals surface area contributed by atoms with Crippen LogP contribution in [-0.4, -0.2) is 80.8 Å². The van der Waals surface area contributed by atoms with E-state index in [0.29, 0.717) is 17.9 Å². The molecular formula is C25H27F3N6O6S. The highest BCUT2D eigenvalue weighted by Crippen LogP contribution is 2.43. The summed E-state index contributed by atoms with van der Waals surface area (Å²) in [6.07, 6.45) is -2.69. The first-order valence-corrected chi connectivity index (χ1v) is 13.2. The number of carbonyl (C=O) groups is 3. The van der Waals surface area contributed by atoms with Crippen LogP contribution in [0.3, 0.4) is 0 Å². The number of carboxylic acids is 2. The fourth-order valence-corrected chi connectivity index (χ4v) is 4.65. The fraction of sp³-hybridized carbons (Fsp3) is 0.360. The van der Waals surface area contributed by atoms with Gasteiger partial charge in [0.25, 0.3) is 0 Å². The summed E-state index contributed by atoms with van der Waals surface area (Å²) in [5.41, 5.74) is -2.70. The number of carbonyl (C=O) groups excluding carboxylic acids is 1. The van der Waals surface area contributed by atoms with E-state index in [1.165, 1.54) is 0 Å². The van der Waals surface area contributed by atoms with Crippen molar-refractivity contribution in [2.75, 3.05) is 38.1 Å². The number of aromatic nitrogens is 3. The van der Waals surface area contributed by atoms with Crippen LogP contribution < -0.4 is 15.4 Å². The number of urea groups is 1. The molecule has 0 bridgehead atoms. The van der Waals surface area contributed by atoms with Gasteiger partial charge in [0.1, 0.15) is 23.0 Å². The molecule has 0 aliphatic rings. The fourth-order valence-electron chi connectivity index (χ4n) is 3.76. The van der Waals surface area contributed by atoms with Crippen molar-refractivity contribution < 1.29 is 42.5 Å². The van der Waals surface area contributed by atoms with Gasteiger partial charge in [-0.1, -0.05) is 13.8 Å². The molecule has 0 saturated heterocycles. The van der Waals surface area contributed by atoms with Crippen LogP contribution in [0, 0.1) is 0 Å². The van der Waals surface area contributed by atoms with Crippen LogP contribution in [0.1, 0.15) is 47.2 Å². The molecule has 3 aromatic heterocycles. The number of hydrogen-bond donors (Lipinski definition) is 4. The smallest absolute Gasteiger partial charge is 0.434 e. The van der Waals surface area contributed by atoms with Gasteiger partial charge in [-0.3, -0.25) is 5.32 Å². The van der Waals surface area contributed by atoms with Crippen LogP contribution in [0.5, 0.6) is 5.88 Å². The van der Waals surface area contributed by atoms with Gasteiger partial charge in [-0.2, -0.15) is 13.2 Å². The molecule has 16 heteroatoms. The molecule has 0 fully saturated rings. The van der Waals surface area contributed by atoms with Gasteiger partial charge in [-0.25, -0.2) is 29.3 Å². The van der Waals surface area contributed by atoms with Crippen molar-refractivity contribution in [2.45, 2.75) is 26.9 Å². The lowest BCUT2D eigenvalue weighted by atomic mass is 9.97. The summed E-state index contributed by atoms with van der Waals surface area (Å²) in [4.78, 5) is 50.3. The van der Waals surface area contributed by atoms with E-state index in [0.717, 1.165) is 36.9 Å². The number of pyridine rings is 2. The van der Waals surface area contributed by atoms with Crippen molar-refractivity contribution in [1.82, 2.24) is 25.2 Å². The average Bonchev–Trinajstić information content (AvgIpc) is 3.42. The number of alkyl halides is 3. The van der Waals surface area contributed by atoms with Crippen molar-refractivity contribution in [1.29, 1.82) is 0 Å². The monoisotopic (exact) mass is 596 g/mol. The Hall–Kier alpha value is -4.31. The largest absolute Gasteiger partial charge is 0.478 e. The van der Waals surface area contributed by atoms with Gasteiger partial charge >= 0.3 is 24.1 Å². The first-order chi connectivity index (χ1) is 19.4. The molecule has 0 spiro atoms. The van der Waals surface area contributed by atoms with Gasteiger partial charge in [-0.05, 0) is 26.1 Å². The minimum atomic E-state index is -4.82. The molecule has 0 radical (unpaired) electrons. The van der Waals surface area contributed by atoms with E-state index in [1.807, 2.05) is 13.8 Å². The normalized spacial score (nSPS) is 11.4. The van der Waals surface area contributed by atoms with Crippen molar-refractivity contribution >= 4 is 35.1 Å². The van der Waals surface area contributed by atoms with E-state index in [1.54, 1.807) is 6.92 Å². The number of ether oxygens (including phenoxy) is 1. The number of amides is 2. The summed E-state index contributed by atoms with van der Waals surface area (Å²) in [5.74, 6) is -3.54. The quantitative estimate of drug-likeness (QED) is 0.233. The molecule has 0 saturated carbocycles. The van der Waals surface area contributed by atoms with Crippen molar-refractivity contribution in [3.8, 4) is 27.6 Å². The van der Waals surface area contributed by atoms with E-state index in [-0.39, 0.29) is 46.3 Å². The summed E-state index contributed by atoms with van der Waals surface area (Å²) in [5, 5.41) is 24.8. The molecule has 3 rings (SSSR count). The zero-order chi connectivity index (χ0) is 30.3. The summed E-state index contributed by atoms with van der Waals surface area (Å²) >= 11 is 0.517. The zero-order valence-electron chi connectivity index (χ0n) is 22.2. The minimum absolute atomic E-state index is 0.0391. The van der Waals surface area contributed by atoms with E-state index in [4.69, 9.17) is 4.74 Å². The van der Waals surface area contributed by atoms with Gasteiger partial charge in [0, 0.05) is 47.6 Å². The Morgan fingerprint density at radius 1 is 1.05 bits per heavy atom. The van der Waals surface area contributed by atoms with Crippen LogP contribution in [-0.2, 0) is 6.18 Å². The molecule has 4 N–H and O–H groups in total. The van der Waals surface area contributed by atoms with E-state index < -0.39 is 41.2 Å². The lowest BCUT2D eigenvalue weighted by molar-refractivity contribution is -0.140. The minimum Gasteiger partial charge on any atom is -0.478 e. The van der Waals surface area contributed by atoms with Crippen molar-refractivity contribution in [3.05, 3.63) is 40.7 Å². The second kappa shape index (κ2) is 13.4. The molecule has 41 heavy (non-hydrogen) atoms. The number of nitrogens with one attached hydrogen (secondary N) is 2. The molecular weight excluding hydrogens is 569 g/mol. The highest BCUT2D eigenvalue weighted by molar-refractivity contribution is 7.13. The highest BCUT2D eigenvalue weighted by atomic mass is 32.1. The first-order valence-electron chi connectivity index (χ1n) is 12.3. The number of anilines is 1. The number of likely N-dealkylation sites (N-methyl/N-ethyl adjacent to an activating group) is 1. The van der Waals surface area contributed by atoms with Gasteiger partial charge < -0.3 is 25.2 Å². The van der Waals surface area contributed by atoms with E-state index >= 15 is 0 Å². The third kappa shape index (κ3) is 7.46. The molecule has 0 aliphatic heterocycles. The molecule has 0 aliphatic carbocycles. The van der Waals surface area contributed by atoms with Crippen LogP contribution >= 0.6 is 11.3 Å². The summed E-state index contributed by atoms with van der Waals surface area (Å²) in [6.45, 7) is 7.81. The molecule has 0 unspecified atom stereocenters. The molecule has 0 aromatic carbocycles. The lowest BCUT2D eigenvalue weighted by Crippen LogP contribution is -2.29. The van der Waals surface area contributed by atoms with Crippen LogP contribution in [0.15, 0.2) is 23.8 Å². The summed E-state index contributed by atoms with van der Waals surface area (Å²) in [6, 6.07) is 0.356. The Balaban J connectivity index is 2.30. The lowest BCUT2D eigenvalue weighted by Gasteiger charge is -2.20. The standard InChI is InChI=1S/C25H27F3N6O6S/c1-4-29-24(39)33-19-18(23(37)38)17(21-32-16(12-41-21)25(26,27)28)15(11-30-19)14-9-13(22(35)36)10-31-20(14)40-8-7-34(5-2)6-3/h9-12H,4-8H2,1-3H3,(H,35,36)(H,37,38)(H2,29,30,33,39). The Kier molecular flexibility index (Phi) is 10.2. The predicted octanol–water partition coefficient (Wildman–Crippen LogP) is 4.54. The first kappa shape index (κ1) is 31.2. The predicted molar refractivity (Wildman–Crippen MR) is 143 cm³/mol. The second-order valence-corrected chi connectivity index (χ2v) is 9.21. The summed E-state index contributed by atoms with van der Waals surface area (Å²) < 4.78 is 46.2. The molecule has 3 aromatic rings.